The molecule has 0 aromatic carbocycles. The Kier molecular flexibility index (Phi) is 8.89. The SMILES string of the molecule is CCCC(C)(C)C(C)(C)CCCC1PC(S)C1/C(C)=C/C(C)CC. The number of allylic oxidation sites excluding steroid dienone is 2. The summed E-state index contributed by atoms with van der Waals surface area (Å²) in [6.07, 6.45) is 10.5. The first-order chi connectivity index (χ1) is 11.1. The van der Waals surface area contributed by atoms with Crippen LogP contribution in [0.4, 0.5) is 0 Å². The monoisotopic (exact) mass is 370 g/mol. The highest BCUT2D eigenvalue weighted by molar-refractivity contribution is 7.88. The van der Waals surface area contributed by atoms with Gasteiger partial charge in [0.05, 0.1) is 0 Å². The van der Waals surface area contributed by atoms with Gasteiger partial charge in [-0.2, -0.15) is 12.6 Å². The standard InChI is InChI=1S/C22H43PS/c1-9-13-21(5,6)22(7,8)14-11-12-18-19(20(24)23-18)17(4)15-16(3)10-2/h15-16,18-20,23-24H,9-14H2,1-8H3/b17-15+. The van der Waals surface area contributed by atoms with Crippen LogP contribution in [0.2, 0.25) is 0 Å². The number of hydrogen-bond donors (Lipinski definition) is 1. The molecule has 0 bridgehead atoms. The topological polar surface area (TPSA) is 0 Å². The summed E-state index contributed by atoms with van der Waals surface area (Å²) in [5.74, 6) is 1.45. The van der Waals surface area contributed by atoms with E-state index in [1.54, 1.807) is 5.57 Å². The van der Waals surface area contributed by atoms with Crippen LogP contribution >= 0.6 is 21.2 Å². The van der Waals surface area contributed by atoms with E-state index in [0.29, 0.717) is 21.7 Å². The molecule has 0 aromatic heterocycles. The van der Waals surface area contributed by atoms with Crippen LogP contribution in [0.3, 0.4) is 0 Å². The van der Waals surface area contributed by atoms with Crippen molar-refractivity contribution in [1.82, 2.24) is 0 Å². The predicted molar refractivity (Wildman–Crippen MR) is 118 cm³/mol. The Morgan fingerprint density at radius 1 is 1.12 bits per heavy atom. The van der Waals surface area contributed by atoms with Crippen molar-refractivity contribution in [3.63, 3.8) is 0 Å². The molecule has 1 rings (SSSR count). The molecule has 0 saturated carbocycles. The van der Waals surface area contributed by atoms with Gasteiger partial charge in [0.1, 0.15) is 0 Å². The van der Waals surface area contributed by atoms with E-state index >= 15 is 0 Å². The lowest BCUT2D eigenvalue weighted by Gasteiger charge is -2.45. The van der Waals surface area contributed by atoms with Gasteiger partial charge in [-0.05, 0) is 48.6 Å². The summed E-state index contributed by atoms with van der Waals surface area (Å²) in [5, 5.41) is 0. The molecule has 24 heavy (non-hydrogen) atoms. The van der Waals surface area contributed by atoms with Crippen LogP contribution in [-0.4, -0.2) is 10.7 Å². The summed E-state index contributed by atoms with van der Waals surface area (Å²) in [5.41, 5.74) is 3.39. The second kappa shape index (κ2) is 9.45. The Labute approximate surface area is 160 Å². The largest absolute Gasteiger partial charge is 0.171 e. The van der Waals surface area contributed by atoms with E-state index in [1.165, 1.54) is 38.5 Å². The first kappa shape index (κ1) is 22.6. The first-order valence-corrected chi connectivity index (χ1v) is 11.8. The van der Waals surface area contributed by atoms with Gasteiger partial charge < -0.3 is 0 Å². The predicted octanol–water partition coefficient (Wildman–Crippen LogP) is 7.93. The number of rotatable bonds is 10. The zero-order valence-corrected chi connectivity index (χ0v) is 19.5. The molecule has 0 N–H and O–H groups in total. The van der Waals surface area contributed by atoms with Crippen molar-refractivity contribution in [1.29, 1.82) is 0 Å². The summed E-state index contributed by atoms with van der Waals surface area (Å²) in [4.78, 5) is 0.625. The van der Waals surface area contributed by atoms with Gasteiger partial charge >= 0.3 is 0 Å². The molecule has 0 nitrogen and oxygen atoms in total. The normalized spacial score (nSPS) is 28.0. The molecular weight excluding hydrogens is 327 g/mol. The molecular formula is C22H43PS. The molecule has 1 saturated heterocycles. The Morgan fingerprint density at radius 3 is 2.21 bits per heavy atom. The molecule has 1 fully saturated rings. The fourth-order valence-electron chi connectivity index (χ4n) is 4.10. The van der Waals surface area contributed by atoms with Gasteiger partial charge in [-0.25, -0.2) is 0 Å². The Bertz CT molecular complexity index is 410. The average molecular weight is 371 g/mol. The van der Waals surface area contributed by atoms with Gasteiger partial charge in [-0.1, -0.05) is 79.4 Å². The van der Waals surface area contributed by atoms with Gasteiger partial charge in [0, 0.05) is 10.9 Å². The molecule has 1 aliphatic rings. The molecule has 2 heteroatoms. The zero-order chi connectivity index (χ0) is 18.5. The maximum absolute atomic E-state index is 4.85. The molecule has 142 valence electrons. The molecule has 5 unspecified atom stereocenters. The van der Waals surface area contributed by atoms with Crippen molar-refractivity contribution in [2.45, 2.75) is 105 Å². The number of thiol groups is 1. The van der Waals surface area contributed by atoms with Crippen molar-refractivity contribution in [3.05, 3.63) is 11.6 Å². The van der Waals surface area contributed by atoms with E-state index in [0.717, 1.165) is 20.2 Å². The minimum absolute atomic E-state index is 0.438. The summed E-state index contributed by atoms with van der Waals surface area (Å²) in [6.45, 7) is 19.2. The minimum Gasteiger partial charge on any atom is -0.171 e. The maximum Gasteiger partial charge on any atom is 0.0263 e. The molecule has 0 aliphatic carbocycles. The second-order valence-electron chi connectivity index (χ2n) is 9.45. The van der Waals surface area contributed by atoms with Gasteiger partial charge in [-0.3, -0.25) is 0 Å². The maximum atomic E-state index is 4.85. The van der Waals surface area contributed by atoms with Crippen LogP contribution in [0, 0.1) is 22.7 Å². The van der Waals surface area contributed by atoms with Crippen molar-refractivity contribution in [2.24, 2.45) is 22.7 Å². The Hall–Kier alpha value is 0.520. The van der Waals surface area contributed by atoms with E-state index in [9.17, 15) is 0 Å². The van der Waals surface area contributed by atoms with E-state index in [-0.39, 0.29) is 0 Å². The lowest BCUT2D eigenvalue weighted by molar-refractivity contribution is 0.0836. The molecule has 0 amide bonds. The first-order valence-electron chi connectivity index (χ1n) is 10.2. The molecule has 1 heterocycles. The fraction of sp³-hybridized carbons (Fsp3) is 0.909. The third-order valence-electron chi connectivity index (χ3n) is 6.90. The van der Waals surface area contributed by atoms with Gasteiger partial charge in [-0.15, -0.1) is 8.58 Å². The smallest absolute Gasteiger partial charge is 0.0263 e. The van der Waals surface area contributed by atoms with E-state index in [4.69, 9.17) is 12.6 Å². The summed E-state index contributed by atoms with van der Waals surface area (Å²) in [7, 11) is 1.06. The Balaban J connectivity index is 2.54. The lowest BCUT2D eigenvalue weighted by Crippen LogP contribution is -2.36. The van der Waals surface area contributed by atoms with Crippen LogP contribution < -0.4 is 0 Å². The minimum atomic E-state index is 0.438. The van der Waals surface area contributed by atoms with E-state index < -0.39 is 0 Å². The zero-order valence-electron chi connectivity index (χ0n) is 17.6. The van der Waals surface area contributed by atoms with Crippen molar-refractivity contribution < 1.29 is 0 Å². The molecule has 0 radical (unpaired) electrons. The van der Waals surface area contributed by atoms with Gasteiger partial charge in [0.25, 0.3) is 0 Å². The van der Waals surface area contributed by atoms with Crippen molar-refractivity contribution in [2.75, 3.05) is 0 Å². The summed E-state index contributed by atoms with van der Waals surface area (Å²) in [6, 6.07) is 0. The second-order valence-corrected chi connectivity index (χ2v) is 12.2. The van der Waals surface area contributed by atoms with Crippen LogP contribution in [0.1, 0.15) is 93.9 Å². The molecule has 1 aliphatic heterocycles. The van der Waals surface area contributed by atoms with E-state index in [1.807, 2.05) is 0 Å². The van der Waals surface area contributed by atoms with E-state index in [2.05, 4.69) is 61.5 Å². The average Bonchev–Trinajstić information content (AvgIpc) is 2.45. The Morgan fingerprint density at radius 2 is 1.71 bits per heavy atom. The molecule has 0 spiro atoms. The number of hydrogen-bond acceptors (Lipinski definition) is 1. The lowest BCUT2D eigenvalue weighted by atomic mass is 9.63. The third-order valence-corrected chi connectivity index (χ3v) is 9.44. The third kappa shape index (κ3) is 5.77. The highest BCUT2D eigenvalue weighted by atomic mass is 32.1. The van der Waals surface area contributed by atoms with Gasteiger partial charge in [0.15, 0.2) is 0 Å². The quantitative estimate of drug-likeness (QED) is 0.225. The fourth-order valence-corrected chi connectivity index (χ4v) is 7.12. The van der Waals surface area contributed by atoms with Crippen LogP contribution in [-0.2, 0) is 0 Å². The van der Waals surface area contributed by atoms with Crippen molar-refractivity contribution >= 4 is 21.2 Å². The van der Waals surface area contributed by atoms with Crippen molar-refractivity contribution in [3.8, 4) is 0 Å². The summed E-state index contributed by atoms with van der Waals surface area (Å²) >= 11 is 4.85. The van der Waals surface area contributed by atoms with Crippen LogP contribution in [0.15, 0.2) is 11.6 Å². The molecule has 5 atom stereocenters. The van der Waals surface area contributed by atoms with Crippen LogP contribution in [0.5, 0.6) is 0 Å². The summed E-state index contributed by atoms with van der Waals surface area (Å²) < 4.78 is 0. The molecule has 0 aromatic rings. The van der Waals surface area contributed by atoms with Gasteiger partial charge in [0.2, 0.25) is 0 Å². The highest BCUT2D eigenvalue weighted by Crippen LogP contribution is 2.56. The highest BCUT2D eigenvalue weighted by Gasteiger charge is 2.40. The van der Waals surface area contributed by atoms with Crippen LogP contribution in [0.25, 0.3) is 0 Å².